The molecule has 0 fully saturated rings. The molecule has 0 unspecified atom stereocenters. The summed E-state index contributed by atoms with van der Waals surface area (Å²) in [5.41, 5.74) is 1.77. The van der Waals surface area contributed by atoms with Crippen LogP contribution in [-0.4, -0.2) is 15.7 Å². The first-order valence-corrected chi connectivity index (χ1v) is 11.8. The molecule has 0 spiro atoms. The summed E-state index contributed by atoms with van der Waals surface area (Å²) in [6.45, 7) is 1.69. The van der Waals surface area contributed by atoms with E-state index in [4.69, 9.17) is 5.41 Å². The van der Waals surface area contributed by atoms with Crippen LogP contribution in [0.5, 0.6) is 0 Å². The van der Waals surface area contributed by atoms with Gasteiger partial charge in [0.15, 0.2) is 0 Å². The second-order valence-corrected chi connectivity index (χ2v) is 9.78. The summed E-state index contributed by atoms with van der Waals surface area (Å²) >= 11 is 2.45. The fourth-order valence-corrected chi connectivity index (χ4v) is 5.46. The van der Waals surface area contributed by atoms with Gasteiger partial charge < -0.3 is 0 Å². The number of nitrogens with zero attached hydrogens (tertiary/aromatic N) is 3. The minimum absolute atomic E-state index is 0.0767. The molecule has 1 aliphatic rings. The number of carbonyl (C=O) groups is 1. The predicted octanol–water partition coefficient (Wildman–Crippen LogP) is 6.25. The Balaban J connectivity index is 1.53. The topological polar surface area (TPSA) is 62.0 Å². The molecule has 5 rings (SSSR count). The van der Waals surface area contributed by atoms with Gasteiger partial charge in [0.2, 0.25) is 4.80 Å². The van der Waals surface area contributed by atoms with E-state index >= 15 is 0 Å². The van der Waals surface area contributed by atoms with E-state index in [0.717, 1.165) is 39.5 Å². The van der Waals surface area contributed by atoms with Crippen LogP contribution < -0.4 is 9.70 Å². The van der Waals surface area contributed by atoms with Gasteiger partial charge in [-0.3, -0.25) is 15.1 Å². The average molecular weight is 499 g/mol. The minimum Gasteiger partial charge on any atom is -0.277 e. The molecule has 0 saturated carbocycles. The first-order chi connectivity index (χ1) is 16.2. The van der Waals surface area contributed by atoms with Crippen molar-refractivity contribution in [3.63, 3.8) is 0 Å². The molecule has 0 aliphatic carbocycles. The number of aromatic nitrogens is 2. The first kappa shape index (κ1) is 22.4. The Morgan fingerprint density at radius 2 is 1.71 bits per heavy atom. The van der Waals surface area contributed by atoms with Crippen molar-refractivity contribution >= 4 is 40.4 Å². The summed E-state index contributed by atoms with van der Waals surface area (Å²) in [6.07, 6.45) is -4.54. The number of nitrogens with one attached hydrogen (secondary N) is 1. The van der Waals surface area contributed by atoms with Crippen molar-refractivity contribution in [1.82, 2.24) is 9.78 Å². The zero-order valence-electron chi connectivity index (χ0n) is 17.8. The Morgan fingerprint density at radius 1 is 1.00 bits per heavy atom. The third-order valence-electron chi connectivity index (χ3n) is 5.33. The van der Waals surface area contributed by atoms with Crippen LogP contribution in [0.4, 0.5) is 24.5 Å². The number of benzene rings is 3. The molecule has 1 N–H and O–H groups in total. The van der Waals surface area contributed by atoms with E-state index < -0.39 is 17.6 Å². The van der Waals surface area contributed by atoms with Crippen LogP contribution >= 0.6 is 23.1 Å². The molecule has 0 bridgehead atoms. The molecule has 10 heteroatoms. The van der Waals surface area contributed by atoms with Crippen LogP contribution in [0.1, 0.15) is 11.1 Å². The molecule has 0 saturated heterocycles. The van der Waals surface area contributed by atoms with Gasteiger partial charge in [0.1, 0.15) is 11.6 Å². The second kappa shape index (κ2) is 8.44. The Bertz CT molecular complexity index is 1460. The van der Waals surface area contributed by atoms with Crippen molar-refractivity contribution in [2.45, 2.75) is 29.4 Å². The maximum absolute atomic E-state index is 13.5. The molecule has 1 aromatic heterocycles. The number of hydrogen-bond donors (Lipinski definition) is 1. The number of amides is 1. The molecule has 0 atom stereocenters. The molecule has 3 aromatic carbocycles. The molecular weight excluding hydrogens is 481 g/mol. The third kappa shape index (κ3) is 4.14. The van der Waals surface area contributed by atoms with Gasteiger partial charge in [-0.1, -0.05) is 65.1 Å². The zero-order chi connectivity index (χ0) is 24.0. The number of fused-ring (bicyclic) bond motifs is 2. The van der Waals surface area contributed by atoms with Crippen molar-refractivity contribution in [2.75, 3.05) is 4.90 Å². The molecule has 1 amide bonds. The lowest BCUT2D eigenvalue weighted by atomic mass is 10.1. The Morgan fingerprint density at radius 3 is 2.44 bits per heavy atom. The summed E-state index contributed by atoms with van der Waals surface area (Å²) in [7, 11) is 0. The number of para-hydroxylation sites is 1. The maximum atomic E-state index is 13.5. The van der Waals surface area contributed by atoms with Gasteiger partial charge in [0.25, 0.3) is 5.91 Å². The summed E-state index contributed by atoms with van der Waals surface area (Å²) < 4.78 is 41.5. The van der Waals surface area contributed by atoms with Gasteiger partial charge in [-0.15, -0.1) is 0 Å². The van der Waals surface area contributed by atoms with Gasteiger partial charge in [0, 0.05) is 15.4 Å². The Labute approximate surface area is 201 Å². The molecule has 2 heterocycles. The highest BCUT2D eigenvalue weighted by Gasteiger charge is 2.35. The minimum atomic E-state index is -4.54. The average Bonchev–Trinajstić information content (AvgIpc) is 3.16. The summed E-state index contributed by atoms with van der Waals surface area (Å²) in [4.78, 5) is 16.2. The lowest BCUT2D eigenvalue weighted by Gasteiger charge is -2.31. The molecule has 5 nitrogen and oxygen atoms in total. The third-order valence-corrected chi connectivity index (χ3v) is 7.37. The van der Waals surface area contributed by atoms with Crippen LogP contribution in [0, 0.1) is 12.3 Å². The van der Waals surface area contributed by atoms with Crippen molar-refractivity contribution < 1.29 is 18.0 Å². The molecule has 1 aliphatic heterocycles. The monoisotopic (exact) mass is 498 g/mol. The van der Waals surface area contributed by atoms with E-state index in [-0.39, 0.29) is 17.0 Å². The van der Waals surface area contributed by atoms with E-state index in [1.165, 1.54) is 27.4 Å². The second-order valence-electron chi connectivity index (χ2n) is 7.72. The number of hydrogen-bond acceptors (Lipinski definition) is 5. The number of anilines is 2. The quantitative estimate of drug-likeness (QED) is 0.363. The number of aryl methyl sites for hydroxylation is 1. The highest BCUT2D eigenvalue weighted by Crippen LogP contribution is 2.49. The van der Waals surface area contributed by atoms with E-state index in [1.54, 1.807) is 12.1 Å². The van der Waals surface area contributed by atoms with Crippen molar-refractivity contribution in [1.29, 1.82) is 5.41 Å². The van der Waals surface area contributed by atoms with Crippen LogP contribution in [0.3, 0.4) is 0 Å². The molecule has 0 radical (unpaired) electrons. The van der Waals surface area contributed by atoms with Crippen molar-refractivity contribution in [2.24, 2.45) is 0 Å². The van der Waals surface area contributed by atoms with Crippen molar-refractivity contribution in [3.8, 4) is 10.6 Å². The number of carbonyl (C=O) groups excluding carboxylic acids is 1. The van der Waals surface area contributed by atoms with E-state index in [0.29, 0.717) is 15.6 Å². The Hall–Kier alpha value is -3.37. The summed E-state index contributed by atoms with van der Waals surface area (Å²) in [5.74, 6) is -0.479. The summed E-state index contributed by atoms with van der Waals surface area (Å²) in [5, 5.41) is 13.3. The summed E-state index contributed by atoms with van der Waals surface area (Å²) in [6, 6.07) is 18.2. The van der Waals surface area contributed by atoms with E-state index in [9.17, 15) is 18.0 Å². The van der Waals surface area contributed by atoms with Crippen LogP contribution in [0.15, 0.2) is 76.5 Å². The normalized spacial score (nSPS) is 12.9. The van der Waals surface area contributed by atoms with Crippen LogP contribution in [0.2, 0.25) is 0 Å². The maximum Gasteiger partial charge on any atom is 0.416 e. The number of rotatable bonds is 3. The van der Waals surface area contributed by atoms with Gasteiger partial charge in [0.05, 0.1) is 16.9 Å². The highest BCUT2D eigenvalue weighted by molar-refractivity contribution is 7.99. The zero-order valence-corrected chi connectivity index (χ0v) is 19.4. The number of alkyl halides is 3. The largest absolute Gasteiger partial charge is 0.416 e. The molecule has 172 valence electrons. The van der Waals surface area contributed by atoms with E-state index in [2.05, 4.69) is 5.10 Å². The smallest absolute Gasteiger partial charge is 0.277 e. The van der Waals surface area contributed by atoms with Crippen LogP contribution in [0.25, 0.3) is 10.6 Å². The first-order valence-electron chi connectivity index (χ1n) is 10.2. The lowest BCUT2D eigenvalue weighted by molar-refractivity contribution is -0.137. The Kier molecular flexibility index (Phi) is 5.57. The van der Waals surface area contributed by atoms with E-state index in [1.807, 2.05) is 43.3 Å². The van der Waals surface area contributed by atoms with Crippen molar-refractivity contribution in [3.05, 3.63) is 82.7 Å². The van der Waals surface area contributed by atoms with Gasteiger partial charge >= 0.3 is 6.18 Å². The SMILES string of the molecule is Cc1ccc(-c2nn(CC(=O)N3c4ccccc4Sc4ccc(C(F)(F)F)cc43)c(=N)s2)cc1. The molecule has 4 aromatic rings. The van der Waals surface area contributed by atoms with Gasteiger partial charge in [-0.2, -0.15) is 18.3 Å². The molecular formula is C24H17F3N4OS2. The fraction of sp³-hybridized carbons (Fsp3) is 0.125. The number of halogens is 3. The lowest BCUT2D eigenvalue weighted by Crippen LogP contribution is -2.34. The van der Waals surface area contributed by atoms with Gasteiger partial charge in [-0.25, -0.2) is 4.68 Å². The predicted molar refractivity (Wildman–Crippen MR) is 125 cm³/mol. The fourth-order valence-electron chi connectivity index (χ4n) is 3.64. The van der Waals surface area contributed by atoms with Gasteiger partial charge in [-0.05, 0) is 37.3 Å². The standard InChI is InChI=1S/C24H17F3N4OS2/c1-14-6-8-15(9-7-14)22-29-30(23(28)34-22)13-21(32)31-17-4-2-3-5-19(17)33-20-11-10-16(12-18(20)31)24(25,26)27/h2-12,28H,13H2,1H3. The highest BCUT2D eigenvalue weighted by atomic mass is 32.2. The van der Waals surface area contributed by atoms with Crippen LogP contribution in [-0.2, 0) is 17.5 Å². The molecule has 34 heavy (non-hydrogen) atoms.